The van der Waals surface area contributed by atoms with Gasteiger partial charge in [-0.05, 0) is 38.5 Å². The molecule has 1 amide bonds. The van der Waals surface area contributed by atoms with Crippen molar-refractivity contribution in [2.45, 2.75) is 330 Å². The van der Waals surface area contributed by atoms with Crippen LogP contribution in [0.15, 0.2) is 12.2 Å². The van der Waals surface area contributed by atoms with Crippen LogP contribution in [0.25, 0.3) is 0 Å². The van der Waals surface area contributed by atoms with Crippen LogP contribution in [-0.4, -0.2) is 193 Å². The zero-order chi connectivity index (χ0) is 56.9. The molecular formula is C59H111NO18. The topological polar surface area (TPSA) is 307 Å². The highest BCUT2D eigenvalue weighted by Gasteiger charge is 2.53. The number of unbranched alkanes of at least 4 members (excludes halogenated alkanes) is 28. The Bertz CT molecular complexity index is 1480. The minimum atomic E-state index is -1.97. The van der Waals surface area contributed by atoms with Gasteiger partial charge >= 0.3 is 0 Å². The molecule has 0 spiro atoms. The Kier molecular flexibility index (Phi) is 39.2. The number of rotatable bonds is 46. The summed E-state index contributed by atoms with van der Waals surface area (Å²) in [6.45, 7) is 1.77. The Morgan fingerprint density at radius 3 is 1.27 bits per heavy atom. The van der Waals surface area contributed by atoms with E-state index in [4.69, 9.17) is 28.4 Å². The molecule has 0 bridgehead atoms. The number of carbonyl (C=O) groups excluding carboxylic acids is 1. The maximum absolute atomic E-state index is 13.3. The summed E-state index contributed by atoms with van der Waals surface area (Å²) in [4.78, 5) is 13.3. The molecule has 0 aliphatic carbocycles. The van der Waals surface area contributed by atoms with Gasteiger partial charge < -0.3 is 89.9 Å². The highest BCUT2D eigenvalue weighted by molar-refractivity contribution is 5.76. The summed E-state index contributed by atoms with van der Waals surface area (Å²) in [5.74, 6) is -0.251. The monoisotopic (exact) mass is 1120 g/mol. The highest BCUT2D eigenvalue weighted by Crippen LogP contribution is 2.33. The van der Waals surface area contributed by atoms with Crippen LogP contribution >= 0.6 is 0 Å². The van der Waals surface area contributed by atoms with E-state index in [0.717, 1.165) is 64.2 Å². The van der Waals surface area contributed by atoms with Gasteiger partial charge in [0.25, 0.3) is 0 Å². The summed E-state index contributed by atoms with van der Waals surface area (Å²) >= 11 is 0. The molecule has 3 aliphatic rings. The molecule has 3 fully saturated rings. The molecule has 3 rings (SSSR count). The summed E-state index contributed by atoms with van der Waals surface area (Å²) in [5.41, 5.74) is 0. The summed E-state index contributed by atoms with van der Waals surface area (Å²) in [6.07, 6.45) is 15.9. The maximum atomic E-state index is 13.3. The van der Waals surface area contributed by atoms with Crippen LogP contribution < -0.4 is 5.32 Å². The van der Waals surface area contributed by atoms with E-state index in [1.165, 1.54) is 128 Å². The second kappa shape index (κ2) is 43.2. The van der Waals surface area contributed by atoms with Gasteiger partial charge in [-0.15, -0.1) is 0 Å². The van der Waals surface area contributed by atoms with E-state index < -0.39 is 124 Å². The number of hydrogen-bond donors (Lipinski definition) is 12. The molecule has 12 N–H and O–H groups in total. The Balaban J connectivity index is 1.47. The van der Waals surface area contributed by atoms with Crippen LogP contribution in [0.4, 0.5) is 0 Å². The smallest absolute Gasteiger partial charge is 0.220 e. The van der Waals surface area contributed by atoms with Gasteiger partial charge in [0.05, 0.1) is 38.6 Å². The number of allylic oxidation sites excluding steroid dienone is 2. The highest BCUT2D eigenvalue weighted by atomic mass is 16.8. The van der Waals surface area contributed by atoms with Crippen molar-refractivity contribution in [2.75, 3.05) is 26.4 Å². The van der Waals surface area contributed by atoms with Crippen molar-refractivity contribution in [3.63, 3.8) is 0 Å². The summed E-state index contributed by atoms with van der Waals surface area (Å²) in [5, 5.41) is 120. The lowest BCUT2D eigenvalue weighted by Crippen LogP contribution is -2.66. The zero-order valence-electron chi connectivity index (χ0n) is 47.9. The molecule has 0 aromatic rings. The Labute approximate surface area is 467 Å². The predicted molar refractivity (Wildman–Crippen MR) is 296 cm³/mol. The van der Waals surface area contributed by atoms with E-state index in [-0.39, 0.29) is 18.9 Å². The fourth-order valence-electron chi connectivity index (χ4n) is 10.7. The lowest BCUT2D eigenvalue weighted by atomic mass is 9.96. The molecule has 3 aliphatic heterocycles. The van der Waals surface area contributed by atoms with Crippen molar-refractivity contribution in [3.05, 3.63) is 12.2 Å². The number of ether oxygens (including phenoxy) is 6. The van der Waals surface area contributed by atoms with Crippen molar-refractivity contribution in [1.82, 2.24) is 5.32 Å². The number of nitrogens with one attached hydrogen (secondary N) is 1. The first-order valence-corrected chi connectivity index (χ1v) is 30.9. The van der Waals surface area contributed by atoms with Crippen LogP contribution in [0.3, 0.4) is 0 Å². The van der Waals surface area contributed by atoms with Gasteiger partial charge in [-0.2, -0.15) is 0 Å². The number of aliphatic hydroxyl groups excluding tert-OH is 11. The standard InChI is InChI=1S/C59H111NO18/c1-3-5-7-9-11-13-15-17-18-19-20-21-22-23-24-25-26-28-30-32-34-36-43(64)42(60-47(65)37-35-33-31-29-27-16-14-12-10-8-6-4-2)41-73-57-53(71)50(68)55(45(39-62)75-57)78-59-54(72)51(69)56(46(40-63)76-59)77-58-52(70)49(67)48(66)44(38-61)74-58/h12,14,42-46,48-59,61-64,66-72H,3-11,13,15-41H2,1-2H3,(H,60,65)/b14-12-. The number of carbonyl (C=O) groups is 1. The van der Waals surface area contributed by atoms with E-state index in [9.17, 15) is 61.0 Å². The minimum absolute atomic E-state index is 0.251. The van der Waals surface area contributed by atoms with Crippen LogP contribution in [-0.2, 0) is 33.2 Å². The van der Waals surface area contributed by atoms with Gasteiger partial charge in [0.2, 0.25) is 5.91 Å². The fraction of sp³-hybridized carbons (Fsp3) is 0.949. The normalized spacial score (nSPS) is 30.5. The van der Waals surface area contributed by atoms with Crippen LogP contribution in [0.2, 0.25) is 0 Å². The fourth-order valence-corrected chi connectivity index (χ4v) is 10.7. The van der Waals surface area contributed by atoms with E-state index in [0.29, 0.717) is 12.8 Å². The second-order valence-electron chi connectivity index (χ2n) is 22.5. The van der Waals surface area contributed by atoms with E-state index >= 15 is 0 Å². The molecule has 0 saturated carbocycles. The third-order valence-electron chi connectivity index (χ3n) is 15.8. The zero-order valence-corrected chi connectivity index (χ0v) is 47.9. The molecule has 460 valence electrons. The van der Waals surface area contributed by atoms with Crippen molar-refractivity contribution < 1.29 is 89.4 Å². The molecule has 19 heteroatoms. The molecule has 78 heavy (non-hydrogen) atoms. The first kappa shape index (κ1) is 70.8. The lowest BCUT2D eigenvalue weighted by molar-refractivity contribution is -0.379. The molecule has 17 unspecified atom stereocenters. The van der Waals surface area contributed by atoms with Gasteiger partial charge in [0.15, 0.2) is 18.9 Å². The predicted octanol–water partition coefficient (Wildman–Crippen LogP) is 5.77. The molecule has 0 aromatic carbocycles. The van der Waals surface area contributed by atoms with Crippen molar-refractivity contribution in [3.8, 4) is 0 Å². The Morgan fingerprint density at radius 1 is 0.449 bits per heavy atom. The number of hydrogen-bond acceptors (Lipinski definition) is 18. The molecule has 3 saturated heterocycles. The SMILES string of the molecule is CCCCC/C=C\CCCCCCCC(=O)NC(COC1OC(CO)C(OC2OC(CO)C(OC3OC(CO)C(O)C(O)C3O)C(O)C2O)C(O)C1O)C(O)CCCCCCCCCCCCCCCCCCCCCCC. The Hall–Kier alpha value is -1.47. The lowest BCUT2D eigenvalue weighted by Gasteiger charge is -2.48. The third kappa shape index (κ3) is 26.8. The summed E-state index contributed by atoms with van der Waals surface area (Å²) in [7, 11) is 0. The molecular weight excluding hydrogens is 1010 g/mol. The summed E-state index contributed by atoms with van der Waals surface area (Å²) in [6, 6.07) is -0.887. The third-order valence-corrected chi connectivity index (χ3v) is 15.8. The van der Waals surface area contributed by atoms with E-state index in [1.54, 1.807) is 0 Å². The number of amides is 1. The van der Waals surface area contributed by atoms with Gasteiger partial charge in [0, 0.05) is 6.42 Å². The van der Waals surface area contributed by atoms with Crippen molar-refractivity contribution >= 4 is 5.91 Å². The summed E-state index contributed by atoms with van der Waals surface area (Å²) < 4.78 is 34.3. The van der Waals surface area contributed by atoms with Crippen LogP contribution in [0.5, 0.6) is 0 Å². The van der Waals surface area contributed by atoms with E-state index in [2.05, 4.69) is 31.3 Å². The van der Waals surface area contributed by atoms with Gasteiger partial charge in [-0.25, -0.2) is 0 Å². The molecule has 3 heterocycles. The molecule has 0 aromatic heterocycles. The Morgan fingerprint density at radius 2 is 0.808 bits per heavy atom. The molecule has 17 atom stereocenters. The largest absolute Gasteiger partial charge is 0.394 e. The average Bonchev–Trinajstić information content (AvgIpc) is 3.46. The average molecular weight is 1120 g/mol. The number of aliphatic hydroxyl groups is 11. The quantitative estimate of drug-likeness (QED) is 0.0254. The van der Waals surface area contributed by atoms with Gasteiger partial charge in [-0.3, -0.25) is 4.79 Å². The van der Waals surface area contributed by atoms with Gasteiger partial charge in [-0.1, -0.05) is 193 Å². The molecule has 19 nitrogen and oxygen atoms in total. The van der Waals surface area contributed by atoms with Crippen LogP contribution in [0.1, 0.15) is 226 Å². The van der Waals surface area contributed by atoms with Crippen molar-refractivity contribution in [2.24, 2.45) is 0 Å². The first-order valence-electron chi connectivity index (χ1n) is 30.9. The molecule has 0 radical (unpaired) electrons. The van der Waals surface area contributed by atoms with Crippen LogP contribution in [0, 0.1) is 0 Å². The maximum Gasteiger partial charge on any atom is 0.220 e. The van der Waals surface area contributed by atoms with Gasteiger partial charge in [0.1, 0.15) is 73.2 Å². The van der Waals surface area contributed by atoms with Crippen molar-refractivity contribution in [1.29, 1.82) is 0 Å². The van der Waals surface area contributed by atoms with E-state index in [1.807, 2.05) is 0 Å². The minimum Gasteiger partial charge on any atom is -0.394 e. The second-order valence-corrected chi connectivity index (χ2v) is 22.5. The first-order chi connectivity index (χ1) is 37.8.